The molecule has 4 rings (SSSR count). The molecule has 2 atom stereocenters. The highest BCUT2D eigenvalue weighted by Gasteiger charge is 2.47. The SMILES string of the molecule is CCN1CC(C(=O)NNC(=O)c2cc3c(cc2F)C(F)(F)C[C@@H](NC(=O)OC(C)(C)C)C(=O)N3Cc2ccc(OC(F)(F)F)cc2)CC(F)(F)C1. The van der Waals surface area contributed by atoms with E-state index in [-0.39, 0.29) is 18.7 Å². The van der Waals surface area contributed by atoms with Gasteiger partial charge in [0.15, 0.2) is 0 Å². The molecule has 2 aliphatic rings. The van der Waals surface area contributed by atoms with Gasteiger partial charge in [0.25, 0.3) is 17.8 Å². The van der Waals surface area contributed by atoms with E-state index in [1.165, 1.54) is 25.7 Å². The molecule has 1 saturated heterocycles. The number of likely N-dealkylation sites (tertiary alicyclic amines) is 1. The predicted octanol–water partition coefficient (Wildman–Crippen LogP) is 5.38. The van der Waals surface area contributed by atoms with E-state index in [2.05, 4.69) is 10.1 Å². The quantitative estimate of drug-likeness (QED) is 0.257. The van der Waals surface area contributed by atoms with Gasteiger partial charge in [-0.3, -0.25) is 30.1 Å². The first kappa shape index (κ1) is 39.1. The fourth-order valence-corrected chi connectivity index (χ4v) is 5.61. The summed E-state index contributed by atoms with van der Waals surface area (Å²) in [6.45, 7) is 5.00. The minimum Gasteiger partial charge on any atom is -0.444 e. The van der Waals surface area contributed by atoms with Gasteiger partial charge in [-0.1, -0.05) is 19.1 Å². The second kappa shape index (κ2) is 14.5. The van der Waals surface area contributed by atoms with Crippen molar-refractivity contribution in [1.29, 1.82) is 0 Å². The highest BCUT2D eigenvalue weighted by molar-refractivity contribution is 6.03. The van der Waals surface area contributed by atoms with E-state index in [1.54, 1.807) is 6.92 Å². The molecule has 2 aromatic rings. The first-order valence-electron chi connectivity index (χ1n) is 15.5. The molecule has 0 spiro atoms. The Labute approximate surface area is 286 Å². The molecule has 0 aliphatic carbocycles. The third kappa shape index (κ3) is 10.2. The number of rotatable bonds is 7. The average molecular weight is 738 g/mol. The van der Waals surface area contributed by atoms with E-state index in [0.717, 1.165) is 24.3 Å². The molecule has 51 heavy (non-hydrogen) atoms. The van der Waals surface area contributed by atoms with E-state index < -0.39 is 114 Å². The van der Waals surface area contributed by atoms with Crippen LogP contribution in [0.25, 0.3) is 0 Å². The summed E-state index contributed by atoms with van der Waals surface area (Å²) in [5, 5.41) is 2.08. The summed E-state index contributed by atoms with van der Waals surface area (Å²) >= 11 is 0. The number of amides is 4. The lowest BCUT2D eigenvalue weighted by Gasteiger charge is -2.36. The molecule has 11 nitrogen and oxygen atoms in total. The highest BCUT2D eigenvalue weighted by atomic mass is 19.4. The minimum atomic E-state index is -5.02. The highest BCUT2D eigenvalue weighted by Crippen LogP contribution is 2.44. The number of hydrogen-bond acceptors (Lipinski definition) is 7. The molecule has 0 aromatic heterocycles. The van der Waals surface area contributed by atoms with Crippen molar-refractivity contribution in [3.63, 3.8) is 0 Å². The van der Waals surface area contributed by atoms with E-state index >= 15 is 13.2 Å². The zero-order valence-electron chi connectivity index (χ0n) is 27.7. The first-order chi connectivity index (χ1) is 23.5. The molecule has 2 aromatic carbocycles. The van der Waals surface area contributed by atoms with Gasteiger partial charge < -0.3 is 19.7 Å². The molecule has 2 heterocycles. The van der Waals surface area contributed by atoms with Crippen molar-refractivity contribution >= 4 is 29.5 Å². The van der Waals surface area contributed by atoms with Gasteiger partial charge in [0.1, 0.15) is 23.2 Å². The van der Waals surface area contributed by atoms with Gasteiger partial charge in [0, 0.05) is 24.9 Å². The number of piperidine rings is 1. The van der Waals surface area contributed by atoms with E-state index in [0.29, 0.717) is 17.0 Å². The van der Waals surface area contributed by atoms with Gasteiger partial charge in [-0.15, -0.1) is 13.2 Å². The summed E-state index contributed by atoms with van der Waals surface area (Å²) in [5.74, 6) is -14.2. The van der Waals surface area contributed by atoms with Gasteiger partial charge >= 0.3 is 12.5 Å². The number of benzene rings is 2. The average Bonchev–Trinajstić information content (AvgIpc) is 3.06. The minimum absolute atomic E-state index is 0.0606. The fraction of sp³-hybridized carbons (Fsp3) is 0.500. The molecular weight excluding hydrogens is 702 g/mol. The van der Waals surface area contributed by atoms with Crippen LogP contribution in [0.15, 0.2) is 36.4 Å². The maximum atomic E-state index is 15.8. The number of alkyl carbamates (subject to hydrolysis) is 1. The van der Waals surface area contributed by atoms with Crippen LogP contribution in [0.4, 0.5) is 45.6 Å². The van der Waals surface area contributed by atoms with Gasteiger partial charge in [0.05, 0.1) is 30.3 Å². The molecule has 19 heteroatoms. The van der Waals surface area contributed by atoms with Crippen molar-refractivity contribution in [2.24, 2.45) is 5.92 Å². The Morgan fingerprint density at radius 2 is 1.63 bits per heavy atom. The van der Waals surface area contributed by atoms with Crippen molar-refractivity contribution < 1.29 is 63.8 Å². The van der Waals surface area contributed by atoms with Crippen LogP contribution >= 0.6 is 0 Å². The maximum Gasteiger partial charge on any atom is 0.573 e. The molecule has 1 unspecified atom stereocenters. The van der Waals surface area contributed by atoms with Crippen molar-refractivity contribution in [3.05, 3.63) is 58.9 Å². The zero-order chi connectivity index (χ0) is 38.1. The Balaban J connectivity index is 1.68. The monoisotopic (exact) mass is 737 g/mol. The van der Waals surface area contributed by atoms with Gasteiger partial charge in [-0.05, 0) is 57.1 Å². The van der Waals surface area contributed by atoms with Crippen LogP contribution in [-0.2, 0) is 26.8 Å². The molecule has 4 amide bonds. The third-order valence-corrected chi connectivity index (χ3v) is 7.82. The summed E-state index contributed by atoms with van der Waals surface area (Å²) in [4.78, 5) is 54.2. The van der Waals surface area contributed by atoms with Crippen molar-refractivity contribution in [2.45, 2.75) is 76.9 Å². The first-order valence-corrected chi connectivity index (χ1v) is 15.5. The summed E-state index contributed by atoms with van der Waals surface area (Å²) in [6.07, 6.45) is -8.47. The summed E-state index contributed by atoms with van der Waals surface area (Å²) in [5.41, 5.74) is 0.0673. The van der Waals surface area contributed by atoms with Gasteiger partial charge in [-0.2, -0.15) is 0 Å². The van der Waals surface area contributed by atoms with Crippen LogP contribution in [0.1, 0.15) is 62.0 Å². The molecule has 0 saturated carbocycles. The number of nitrogens with zero attached hydrogens (tertiary/aromatic N) is 2. The lowest BCUT2D eigenvalue weighted by atomic mass is 9.94. The van der Waals surface area contributed by atoms with Crippen molar-refractivity contribution in [1.82, 2.24) is 21.1 Å². The molecule has 0 bridgehead atoms. The fourth-order valence-electron chi connectivity index (χ4n) is 5.61. The molecule has 280 valence electrons. The molecular formula is C32H35F8N5O6. The second-order valence-electron chi connectivity index (χ2n) is 13.1. The van der Waals surface area contributed by atoms with Gasteiger partial charge in [0.2, 0.25) is 11.8 Å². The number of hydrogen-bond donors (Lipinski definition) is 3. The van der Waals surface area contributed by atoms with Crippen LogP contribution in [0, 0.1) is 11.7 Å². The molecule has 1 fully saturated rings. The number of nitrogens with one attached hydrogen (secondary N) is 3. The number of carbonyl (C=O) groups is 4. The van der Waals surface area contributed by atoms with Crippen molar-refractivity contribution in [3.8, 4) is 5.75 Å². The smallest absolute Gasteiger partial charge is 0.444 e. The van der Waals surface area contributed by atoms with Crippen LogP contribution in [0.3, 0.4) is 0 Å². The number of fused-ring (bicyclic) bond motifs is 1. The number of alkyl halides is 7. The number of carbonyl (C=O) groups excluding carboxylic acids is 4. The standard InChI is InChI=1S/C32H35F8N5O6/c1-5-44-15-18(12-30(34,35)16-44)25(46)42-43-26(47)20-10-24-21(11-22(20)33)31(36,37)13-23(41-28(49)51-29(2,3)4)27(48)45(24)14-17-6-8-19(9-7-17)50-32(38,39)40/h6-11,18,23H,5,12-16H2,1-4H3,(H,41,49)(H,42,46)(H,43,47)/t18?,23-/m1/s1. The Bertz CT molecular complexity index is 1650. The van der Waals surface area contributed by atoms with Crippen molar-refractivity contribution in [2.75, 3.05) is 24.5 Å². The summed E-state index contributed by atoms with van der Waals surface area (Å²) in [6, 6.07) is 2.89. The van der Waals surface area contributed by atoms with Crippen LogP contribution in [0.2, 0.25) is 0 Å². The topological polar surface area (TPSA) is 129 Å². The number of ether oxygens (including phenoxy) is 2. The zero-order valence-corrected chi connectivity index (χ0v) is 27.7. The lowest BCUT2D eigenvalue weighted by Crippen LogP contribution is -2.53. The summed E-state index contributed by atoms with van der Waals surface area (Å²) < 4.78 is 122. The third-order valence-electron chi connectivity index (χ3n) is 7.82. The maximum absolute atomic E-state index is 15.8. The normalized spacial score (nSPS) is 20.5. The van der Waals surface area contributed by atoms with E-state index in [4.69, 9.17) is 4.74 Å². The molecule has 0 radical (unpaired) electrons. The Morgan fingerprint density at radius 3 is 2.22 bits per heavy atom. The number of hydrazine groups is 1. The Morgan fingerprint density at radius 1 is 0.980 bits per heavy atom. The van der Waals surface area contributed by atoms with Crippen LogP contribution in [0.5, 0.6) is 5.75 Å². The number of anilines is 1. The second-order valence-corrected chi connectivity index (χ2v) is 13.1. The predicted molar refractivity (Wildman–Crippen MR) is 163 cm³/mol. The Hall–Kier alpha value is -4.68. The molecule has 2 aliphatic heterocycles. The van der Waals surface area contributed by atoms with Gasteiger partial charge in [-0.25, -0.2) is 26.7 Å². The summed E-state index contributed by atoms with van der Waals surface area (Å²) in [7, 11) is 0. The van der Waals surface area contributed by atoms with E-state index in [9.17, 15) is 41.1 Å². The van der Waals surface area contributed by atoms with Crippen LogP contribution < -0.4 is 25.8 Å². The van der Waals surface area contributed by atoms with E-state index in [1.807, 2.05) is 10.9 Å². The largest absolute Gasteiger partial charge is 0.573 e. The van der Waals surface area contributed by atoms with Crippen LogP contribution in [-0.4, -0.2) is 72.3 Å². The lowest BCUT2D eigenvalue weighted by molar-refractivity contribution is -0.274. The number of halogens is 8. The molecule has 3 N–H and O–H groups in total. The Kier molecular flexibility index (Phi) is 11.1.